The van der Waals surface area contributed by atoms with Crippen LogP contribution in [-0.4, -0.2) is 95.3 Å². The minimum absolute atomic E-state index is 0.0381. The number of carbonyl (C=O) groups is 3. The fraction of sp³-hybridized carbons (Fsp3) is 0.514. The Morgan fingerprint density at radius 3 is 2.60 bits per heavy atom. The molecule has 2 saturated carbocycles. The van der Waals surface area contributed by atoms with Gasteiger partial charge in [0.1, 0.15) is 28.7 Å². The third kappa shape index (κ3) is 7.29. The largest absolute Gasteiger partial charge is 0.495 e. The summed E-state index contributed by atoms with van der Waals surface area (Å²) in [6.45, 7) is 0.388. The standard InChI is InChI=1S/C35H38ClF3N6O7S/c1-43-13-6-4-3-5-7-20-17-34(20,33(48)42-53(49,50)22-8-9-22)18-29(46)44-19-21(15-24(44)32(43)47)52-26-16-28(45-14-12-27(41-45)35(37,38)39)40-31-23(26)10-11-25(51-2)30(31)36/h5,7,10-12,14,16,20-22,24H,3-4,6,8-9,13,15,17-19H2,1-2H3,(H,42,48)/b7-5-/t20-,21+,24+,34-/m1/s1. The van der Waals surface area contributed by atoms with Crippen LogP contribution >= 0.6 is 11.6 Å². The summed E-state index contributed by atoms with van der Waals surface area (Å²) >= 11 is 6.62. The number of allylic oxidation sites excluding steroid dienone is 2. The number of rotatable bonds is 7. The number of methoxy groups -OCH3 is 1. The molecular formula is C35H38ClF3N6O7S. The summed E-state index contributed by atoms with van der Waals surface area (Å²) in [6, 6.07) is 4.47. The van der Waals surface area contributed by atoms with E-state index in [1.54, 1.807) is 24.1 Å². The highest BCUT2D eigenvalue weighted by Gasteiger charge is 2.61. The van der Waals surface area contributed by atoms with Crippen LogP contribution in [0.2, 0.25) is 5.02 Å². The zero-order valence-electron chi connectivity index (χ0n) is 28.9. The number of nitrogens with one attached hydrogen (secondary N) is 1. The molecule has 4 aliphatic rings. The van der Waals surface area contributed by atoms with Crippen molar-refractivity contribution in [2.45, 2.75) is 74.9 Å². The van der Waals surface area contributed by atoms with Gasteiger partial charge in [0, 0.05) is 44.1 Å². The van der Waals surface area contributed by atoms with E-state index < -0.39 is 56.5 Å². The number of aromatic nitrogens is 3. The van der Waals surface area contributed by atoms with Crippen molar-refractivity contribution in [2.24, 2.45) is 11.3 Å². The fourth-order valence-corrected chi connectivity index (χ4v) is 8.84. The van der Waals surface area contributed by atoms with Crippen molar-refractivity contribution in [3.05, 3.63) is 53.3 Å². The van der Waals surface area contributed by atoms with E-state index in [2.05, 4.69) is 14.8 Å². The predicted molar refractivity (Wildman–Crippen MR) is 186 cm³/mol. The van der Waals surface area contributed by atoms with Gasteiger partial charge in [-0.3, -0.25) is 19.1 Å². The van der Waals surface area contributed by atoms with Crippen LogP contribution in [0.1, 0.15) is 57.1 Å². The highest BCUT2D eigenvalue weighted by molar-refractivity contribution is 7.90. The zero-order valence-corrected chi connectivity index (χ0v) is 30.5. The van der Waals surface area contributed by atoms with Crippen LogP contribution in [0.5, 0.6) is 11.5 Å². The molecule has 3 aromatic rings. The van der Waals surface area contributed by atoms with Gasteiger partial charge in [0.25, 0.3) is 0 Å². The molecule has 0 radical (unpaired) electrons. The molecule has 2 aliphatic carbocycles. The second-order valence-corrected chi connectivity index (χ2v) is 16.5. The smallest absolute Gasteiger partial charge is 0.435 e. The zero-order chi connectivity index (χ0) is 37.9. The first kappa shape index (κ1) is 37.0. The molecular weight excluding hydrogens is 741 g/mol. The Morgan fingerprint density at radius 1 is 1.13 bits per heavy atom. The molecule has 0 spiro atoms. The Kier molecular flexibility index (Phi) is 9.62. The SMILES string of the molecule is COc1ccc2c(O[C@H]3C[C@H]4C(=O)N(C)CCCC/C=C\[C@@H]5C[C@@]5(C(=O)NS(=O)(=O)C5CC5)CC(=O)N4C3)cc(-n3ccc(C(F)(F)F)n3)nc2c1Cl. The lowest BCUT2D eigenvalue weighted by Gasteiger charge is -2.29. The average molecular weight is 779 g/mol. The van der Waals surface area contributed by atoms with E-state index in [1.165, 1.54) is 18.1 Å². The quantitative estimate of drug-likeness (QED) is 0.338. The van der Waals surface area contributed by atoms with Crippen LogP contribution < -0.4 is 14.2 Å². The number of carbonyl (C=O) groups excluding carboxylic acids is 3. The van der Waals surface area contributed by atoms with Crippen molar-refractivity contribution in [3.63, 3.8) is 0 Å². The average Bonchev–Trinajstić information content (AvgIpc) is 3.98. The van der Waals surface area contributed by atoms with E-state index in [1.807, 2.05) is 12.2 Å². The van der Waals surface area contributed by atoms with E-state index in [0.717, 1.165) is 23.4 Å². The Morgan fingerprint density at radius 2 is 1.91 bits per heavy atom. The van der Waals surface area contributed by atoms with Gasteiger partial charge in [0.05, 0.1) is 29.8 Å². The molecule has 13 nitrogen and oxygen atoms in total. The molecule has 7 rings (SSSR count). The van der Waals surface area contributed by atoms with Crippen molar-refractivity contribution in [2.75, 3.05) is 27.2 Å². The van der Waals surface area contributed by atoms with Crippen LogP contribution in [0.15, 0.2) is 42.6 Å². The normalized spacial score (nSPS) is 26.1. The van der Waals surface area contributed by atoms with Crippen molar-refractivity contribution < 1.29 is 45.4 Å². The number of sulfonamides is 1. The summed E-state index contributed by atoms with van der Waals surface area (Å²) < 4.78 is 80.8. The van der Waals surface area contributed by atoms with Gasteiger partial charge >= 0.3 is 6.18 Å². The number of nitrogens with zero attached hydrogens (tertiary/aromatic N) is 5. The number of hydrogen-bond donors (Lipinski definition) is 1. The number of amides is 3. The fourth-order valence-electron chi connectivity index (χ4n) is 7.17. The lowest BCUT2D eigenvalue weighted by molar-refractivity contribution is -0.144. The maximum Gasteiger partial charge on any atom is 0.435 e. The van der Waals surface area contributed by atoms with E-state index in [0.29, 0.717) is 37.6 Å². The third-order valence-electron chi connectivity index (χ3n) is 10.4. The van der Waals surface area contributed by atoms with Crippen molar-refractivity contribution in [1.29, 1.82) is 0 Å². The summed E-state index contributed by atoms with van der Waals surface area (Å²) in [7, 11) is -0.809. The number of benzene rings is 1. The summed E-state index contributed by atoms with van der Waals surface area (Å²) in [5.41, 5.74) is -2.26. The van der Waals surface area contributed by atoms with Gasteiger partial charge in [-0.2, -0.15) is 18.3 Å². The van der Waals surface area contributed by atoms with E-state index >= 15 is 0 Å². The van der Waals surface area contributed by atoms with Crippen LogP contribution in [0.3, 0.4) is 0 Å². The molecule has 3 amide bonds. The van der Waals surface area contributed by atoms with Crippen molar-refractivity contribution in [1.82, 2.24) is 29.3 Å². The molecule has 0 unspecified atom stereocenters. The Labute approximate surface area is 308 Å². The number of likely N-dealkylation sites (N-methyl/N-ethyl adjacent to an activating group) is 1. The topological polar surface area (TPSA) is 153 Å². The third-order valence-corrected chi connectivity index (χ3v) is 12.6. The predicted octanol–water partition coefficient (Wildman–Crippen LogP) is 4.65. The van der Waals surface area contributed by atoms with Gasteiger partial charge in [-0.15, -0.1) is 0 Å². The van der Waals surface area contributed by atoms with Crippen LogP contribution in [-0.2, 0) is 30.6 Å². The molecule has 4 atom stereocenters. The number of halogens is 4. The Hall–Kier alpha value is -4.38. The lowest BCUT2D eigenvalue weighted by atomic mass is 9.96. The van der Waals surface area contributed by atoms with Crippen LogP contribution in [0, 0.1) is 11.3 Å². The summed E-state index contributed by atoms with van der Waals surface area (Å²) in [4.78, 5) is 49.2. The monoisotopic (exact) mass is 778 g/mol. The summed E-state index contributed by atoms with van der Waals surface area (Å²) in [5, 5.41) is 3.49. The van der Waals surface area contributed by atoms with Crippen LogP contribution in [0.25, 0.3) is 16.7 Å². The van der Waals surface area contributed by atoms with Crippen LogP contribution in [0.4, 0.5) is 13.2 Å². The number of ether oxygens (including phenoxy) is 2. The molecule has 53 heavy (non-hydrogen) atoms. The van der Waals surface area contributed by atoms with Gasteiger partial charge < -0.3 is 19.3 Å². The van der Waals surface area contributed by atoms with Gasteiger partial charge in [0.15, 0.2) is 11.5 Å². The van der Waals surface area contributed by atoms with E-state index in [4.69, 9.17) is 21.1 Å². The van der Waals surface area contributed by atoms with E-state index in [-0.39, 0.29) is 65.5 Å². The maximum atomic E-state index is 14.2. The molecule has 18 heteroatoms. The number of hydrogen-bond acceptors (Lipinski definition) is 9. The second-order valence-electron chi connectivity index (χ2n) is 14.1. The number of alkyl halides is 3. The molecule has 4 heterocycles. The highest BCUT2D eigenvalue weighted by Crippen LogP contribution is 2.57. The van der Waals surface area contributed by atoms with Crippen molar-refractivity contribution >= 4 is 50.2 Å². The highest BCUT2D eigenvalue weighted by atomic mass is 35.5. The molecule has 1 N–H and O–H groups in total. The molecule has 2 aromatic heterocycles. The molecule has 284 valence electrons. The van der Waals surface area contributed by atoms with Crippen molar-refractivity contribution in [3.8, 4) is 17.3 Å². The number of fused-ring (bicyclic) bond motifs is 3. The Balaban J connectivity index is 1.21. The first-order valence-corrected chi connectivity index (χ1v) is 19.3. The number of pyridine rings is 1. The summed E-state index contributed by atoms with van der Waals surface area (Å²) in [6.07, 6.45) is 2.60. The molecule has 3 fully saturated rings. The molecule has 0 bridgehead atoms. The molecule has 1 aromatic carbocycles. The minimum atomic E-state index is -4.70. The first-order valence-electron chi connectivity index (χ1n) is 17.4. The molecule has 2 aliphatic heterocycles. The lowest BCUT2D eigenvalue weighted by Crippen LogP contribution is -2.48. The minimum Gasteiger partial charge on any atom is -0.495 e. The maximum absolute atomic E-state index is 14.2. The van der Waals surface area contributed by atoms with E-state index in [9.17, 15) is 36.0 Å². The Bertz CT molecular complexity index is 2110. The van der Waals surface area contributed by atoms with Gasteiger partial charge in [-0.1, -0.05) is 23.8 Å². The second kappa shape index (κ2) is 13.8. The van der Waals surface area contributed by atoms with Gasteiger partial charge in [0.2, 0.25) is 27.7 Å². The molecule has 1 saturated heterocycles. The van der Waals surface area contributed by atoms with Gasteiger partial charge in [-0.05, 0) is 62.6 Å². The van der Waals surface area contributed by atoms with Gasteiger partial charge in [-0.25, -0.2) is 18.1 Å². The summed E-state index contributed by atoms with van der Waals surface area (Å²) in [5.74, 6) is -1.50. The first-order chi connectivity index (χ1) is 25.1.